The van der Waals surface area contributed by atoms with Crippen molar-refractivity contribution < 1.29 is 14.3 Å². The molecule has 1 amide bonds. The Bertz CT molecular complexity index is 650. The minimum atomic E-state index is -0.463. The Morgan fingerprint density at radius 3 is 2.73 bits per heavy atom. The number of esters is 1. The first kappa shape index (κ1) is 16.2. The number of nitrogens with one attached hydrogen (secondary N) is 1. The van der Waals surface area contributed by atoms with Crippen LogP contribution in [0.2, 0.25) is 0 Å². The summed E-state index contributed by atoms with van der Waals surface area (Å²) >= 11 is 1.66. The van der Waals surface area contributed by atoms with Crippen molar-refractivity contribution in [1.82, 2.24) is 5.32 Å². The zero-order valence-corrected chi connectivity index (χ0v) is 13.5. The summed E-state index contributed by atoms with van der Waals surface area (Å²) in [5.74, 6) is -0.746. The van der Waals surface area contributed by atoms with Crippen LogP contribution in [0.15, 0.2) is 35.7 Å². The first-order valence-electron chi connectivity index (χ1n) is 7.10. The van der Waals surface area contributed by atoms with E-state index in [-0.39, 0.29) is 12.5 Å². The number of rotatable bonds is 6. The summed E-state index contributed by atoms with van der Waals surface area (Å²) in [6.07, 6.45) is 0.786. The van der Waals surface area contributed by atoms with E-state index in [0.29, 0.717) is 12.1 Å². The number of thiophene rings is 1. The lowest BCUT2D eigenvalue weighted by atomic mass is 10.0. The van der Waals surface area contributed by atoms with Crippen LogP contribution in [0.1, 0.15) is 26.4 Å². The van der Waals surface area contributed by atoms with E-state index in [9.17, 15) is 9.59 Å². The molecule has 0 unspecified atom stereocenters. The molecule has 0 aliphatic carbocycles. The van der Waals surface area contributed by atoms with Gasteiger partial charge in [-0.3, -0.25) is 4.79 Å². The summed E-state index contributed by atoms with van der Waals surface area (Å²) in [5, 5.41) is 4.75. The fourth-order valence-electron chi connectivity index (χ4n) is 2.01. The van der Waals surface area contributed by atoms with Crippen molar-refractivity contribution in [3.05, 3.63) is 57.3 Å². The maximum absolute atomic E-state index is 12.0. The Hall–Kier alpha value is -2.14. The third-order valence-corrected chi connectivity index (χ3v) is 4.37. The standard InChI is InChI=1S/C17H19NO3S/c1-12-5-3-7-15(13(12)2)17(20)21-11-16(19)18-9-8-14-6-4-10-22-14/h3-7,10H,8-9,11H2,1-2H3,(H,18,19). The molecule has 0 aliphatic rings. The second-order valence-corrected chi connectivity index (χ2v) is 6.04. The summed E-state index contributed by atoms with van der Waals surface area (Å²) in [4.78, 5) is 24.9. The van der Waals surface area contributed by atoms with Crippen molar-refractivity contribution in [3.8, 4) is 0 Å². The number of benzene rings is 1. The number of hydrogen-bond acceptors (Lipinski definition) is 4. The van der Waals surface area contributed by atoms with Gasteiger partial charge >= 0.3 is 5.97 Å². The van der Waals surface area contributed by atoms with E-state index in [1.165, 1.54) is 4.88 Å². The Kier molecular flexibility index (Phi) is 5.72. The maximum Gasteiger partial charge on any atom is 0.338 e. The first-order chi connectivity index (χ1) is 10.6. The predicted octanol–water partition coefficient (Wildman–Crippen LogP) is 2.88. The fraction of sp³-hybridized carbons (Fsp3) is 0.294. The SMILES string of the molecule is Cc1cccc(C(=O)OCC(=O)NCCc2cccs2)c1C. The summed E-state index contributed by atoms with van der Waals surface area (Å²) in [6.45, 7) is 4.09. The number of aryl methyl sites for hydroxylation is 1. The maximum atomic E-state index is 12.0. The van der Waals surface area contributed by atoms with Crippen molar-refractivity contribution in [2.75, 3.05) is 13.2 Å². The largest absolute Gasteiger partial charge is 0.452 e. The van der Waals surface area contributed by atoms with E-state index in [2.05, 4.69) is 5.32 Å². The minimum absolute atomic E-state index is 0.253. The van der Waals surface area contributed by atoms with Gasteiger partial charge in [0.05, 0.1) is 5.56 Å². The Balaban J connectivity index is 1.76. The zero-order chi connectivity index (χ0) is 15.9. The molecule has 116 valence electrons. The Morgan fingerprint density at radius 2 is 2.00 bits per heavy atom. The number of ether oxygens (including phenoxy) is 1. The number of amides is 1. The van der Waals surface area contributed by atoms with E-state index in [0.717, 1.165) is 17.5 Å². The highest BCUT2D eigenvalue weighted by atomic mass is 32.1. The quantitative estimate of drug-likeness (QED) is 0.834. The molecule has 1 aromatic heterocycles. The molecule has 0 aliphatic heterocycles. The average molecular weight is 317 g/mol. The normalized spacial score (nSPS) is 10.3. The molecular weight excluding hydrogens is 298 g/mol. The van der Waals surface area contributed by atoms with E-state index in [1.54, 1.807) is 23.5 Å². The summed E-state index contributed by atoms with van der Waals surface area (Å²) in [6, 6.07) is 9.45. The summed E-state index contributed by atoms with van der Waals surface area (Å²) < 4.78 is 5.07. The molecule has 2 aromatic rings. The van der Waals surface area contributed by atoms with Gasteiger partial charge in [0.2, 0.25) is 0 Å². The second kappa shape index (κ2) is 7.75. The van der Waals surface area contributed by atoms with Crippen molar-refractivity contribution in [2.24, 2.45) is 0 Å². The highest BCUT2D eigenvalue weighted by Crippen LogP contribution is 2.13. The van der Waals surface area contributed by atoms with Crippen LogP contribution in [0.4, 0.5) is 0 Å². The molecule has 0 bridgehead atoms. The molecule has 0 fully saturated rings. The average Bonchev–Trinajstić information content (AvgIpc) is 3.01. The van der Waals surface area contributed by atoms with Crippen molar-refractivity contribution in [3.63, 3.8) is 0 Å². The third kappa shape index (κ3) is 4.43. The second-order valence-electron chi connectivity index (χ2n) is 5.00. The zero-order valence-electron chi connectivity index (χ0n) is 12.7. The van der Waals surface area contributed by atoms with Gasteiger partial charge in [0.15, 0.2) is 6.61 Å². The minimum Gasteiger partial charge on any atom is -0.452 e. The molecule has 0 saturated heterocycles. The molecule has 2 rings (SSSR count). The van der Waals surface area contributed by atoms with Crippen LogP contribution < -0.4 is 5.32 Å². The van der Waals surface area contributed by atoms with Crippen LogP contribution >= 0.6 is 11.3 Å². The molecule has 1 aromatic carbocycles. The predicted molar refractivity (Wildman–Crippen MR) is 87.2 cm³/mol. The molecule has 1 N–H and O–H groups in total. The highest BCUT2D eigenvalue weighted by molar-refractivity contribution is 7.09. The highest BCUT2D eigenvalue weighted by Gasteiger charge is 2.13. The van der Waals surface area contributed by atoms with Crippen LogP contribution in [0.5, 0.6) is 0 Å². The van der Waals surface area contributed by atoms with E-state index < -0.39 is 5.97 Å². The van der Waals surface area contributed by atoms with Crippen molar-refractivity contribution in [1.29, 1.82) is 0 Å². The molecular formula is C17H19NO3S. The van der Waals surface area contributed by atoms with E-state index in [4.69, 9.17) is 4.74 Å². The van der Waals surface area contributed by atoms with E-state index >= 15 is 0 Å². The molecule has 5 heteroatoms. The lowest BCUT2D eigenvalue weighted by molar-refractivity contribution is -0.124. The summed E-state index contributed by atoms with van der Waals surface area (Å²) in [7, 11) is 0. The van der Waals surface area contributed by atoms with Crippen LogP contribution in [0, 0.1) is 13.8 Å². The van der Waals surface area contributed by atoms with Crippen LogP contribution in [-0.4, -0.2) is 25.0 Å². The molecule has 22 heavy (non-hydrogen) atoms. The first-order valence-corrected chi connectivity index (χ1v) is 7.98. The van der Waals surface area contributed by atoms with Gasteiger partial charge in [-0.1, -0.05) is 18.2 Å². The molecule has 0 spiro atoms. The number of carbonyl (C=O) groups excluding carboxylic acids is 2. The smallest absolute Gasteiger partial charge is 0.338 e. The van der Waals surface area contributed by atoms with Gasteiger partial charge in [-0.15, -0.1) is 11.3 Å². The fourth-order valence-corrected chi connectivity index (χ4v) is 2.72. The monoisotopic (exact) mass is 317 g/mol. The summed E-state index contributed by atoms with van der Waals surface area (Å²) in [5.41, 5.74) is 2.41. The van der Waals surface area contributed by atoms with Crippen molar-refractivity contribution >= 4 is 23.2 Å². The molecule has 1 heterocycles. The number of hydrogen-bond donors (Lipinski definition) is 1. The Morgan fingerprint density at radius 1 is 1.18 bits per heavy atom. The molecule has 0 radical (unpaired) electrons. The van der Waals surface area contributed by atoms with Gasteiger partial charge in [-0.2, -0.15) is 0 Å². The lowest BCUT2D eigenvalue weighted by Gasteiger charge is -2.09. The van der Waals surface area contributed by atoms with Gasteiger partial charge in [-0.05, 0) is 48.9 Å². The molecule has 0 atom stereocenters. The van der Waals surface area contributed by atoms with Crippen LogP contribution in [0.25, 0.3) is 0 Å². The third-order valence-electron chi connectivity index (χ3n) is 3.43. The van der Waals surface area contributed by atoms with Crippen molar-refractivity contribution in [2.45, 2.75) is 20.3 Å². The van der Waals surface area contributed by atoms with E-state index in [1.807, 2.05) is 37.4 Å². The Labute approximate surface area is 134 Å². The van der Waals surface area contributed by atoms with Gasteiger partial charge < -0.3 is 10.1 Å². The van der Waals surface area contributed by atoms with Crippen LogP contribution in [0.3, 0.4) is 0 Å². The molecule has 0 saturated carbocycles. The van der Waals surface area contributed by atoms with Crippen LogP contribution in [-0.2, 0) is 16.0 Å². The lowest BCUT2D eigenvalue weighted by Crippen LogP contribution is -2.30. The topological polar surface area (TPSA) is 55.4 Å². The van der Waals surface area contributed by atoms with Gasteiger partial charge in [0.25, 0.3) is 5.91 Å². The van der Waals surface area contributed by atoms with Gasteiger partial charge in [0.1, 0.15) is 0 Å². The number of carbonyl (C=O) groups is 2. The van der Waals surface area contributed by atoms with Gasteiger partial charge in [0, 0.05) is 11.4 Å². The molecule has 4 nitrogen and oxygen atoms in total. The van der Waals surface area contributed by atoms with Gasteiger partial charge in [-0.25, -0.2) is 4.79 Å².